The molecule has 0 aromatic rings. The maximum atomic E-state index is 13.3. The Morgan fingerprint density at radius 2 is 1.54 bits per heavy atom. The monoisotopic (exact) mass is 388 g/mol. The van der Waals surface area contributed by atoms with Crippen molar-refractivity contribution < 1.29 is 19.1 Å². The maximum Gasteiger partial charge on any atom is 0.309 e. The molecule has 156 valence electrons. The van der Waals surface area contributed by atoms with Crippen LogP contribution in [0, 0.1) is 58.2 Å². The zero-order chi connectivity index (χ0) is 20.2. The molecule has 5 rings (SSSR count). The van der Waals surface area contributed by atoms with E-state index in [2.05, 4.69) is 41.5 Å². The SMILES string of the molecule is CC(C)(C)C1C2CC(C(=O)OC3C4CC5C(=O)OC3C5C4)C(C2)C1C(C)(C)C. The van der Waals surface area contributed by atoms with Crippen molar-refractivity contribution in [3.05, 3.63) is 0 Å². The van der Waals surface area contributed by atoms with Crippen LogP contribution in [0.15, 0.2) is 0 Å². The fraction of sp³-hybridized carbons (Fsp3) is 0.917. The Kier molecular flexibility index (Phi) is 3.89. The van der Waals surface area contributed by atoms with E-state index in [0.717, 1.165) is 19.3 Å². The maximum absolute atomic E-state index is 13.3. The summed E-state index contributed by atoms with van der Waals surface area (Å²) in [5, 5.41) is 0. The van der Waals surface area contributed by atoms with Crippen molar-refractivity contribution >= 4 is 11.9 Å². The van der Waals surface area contributed by atoms with Gasteiger partial charge in [-0.2, -0.15) is 0 Å². The summed E-state index contributed by atoms with van der Waals surface area (Å²) in [7, 11) is 0. The molecule has 5 aliphatic rings. The van der Waals surface area contributed by atoms with Crippen molar-refractivity contribution in [2.75, 3.05) is 0 Å². The first-order valence-electron chi connectivity index (χ1n) is 11.4. The normalized spacial score (nSPS) is 49.0. The van der Waals surface area contributed by atoms with E-state index in [1.54, 1.807) is 0 Å². The number of carbonyl (C=O) groups excluding carboxylic acids is 2. The standard InChI is InChI=1S/C24H36O4/c1-23(2,3)17-11-7-13(18(17)24(4,5)6)15(8-11)21(25)27-19-12-9-14-16(10-12)22(26)28-20(14)19/h11-20H,7-10H2,1-6H3. The van der Waals surface area contributed by atoms with Gasteiger partial charge in [-0.15, -0.1) is 0 Å². The number of esters is 2. The van der Waals surface area contributed by atoms with Crippen LogP contribution in [-0.2, 0) is 19.1 Å². The fourth-order valence-electron chi connectivity index (χ4n) is 8.34. The van der Waals surface area contributed by atoms with E-state index in [0.29, 0.717) is 35.5 Å². The lowest BCUT2D eigenvalue weighted by molar-refractivity contribution is -0.169. The van der Waals surface area contributed by atoms with Crippen LogP contribution in [0.4, 0.5) is 0 Å². The van der Waals surface area contributed by atoms with Gasteiger partial charge in [-0.05, 0) is 60.2 Å². The number of ether oxygens (including phenoxy) is 2. The second-order valence-electron chi connectivity index (χ2n) is 12.6. The molecule has 4 heteroatoms. The highest BCUT2D eigenvalue weighted by atomic mass is 16.6. The highest BCUT2D eigenvalue weighted by Gasteiger charge is 2.65. The van der Waals surface area contributed by atoms with Gasteiger partial charge in [0.05, 0.1) is 11.8 Å². The molecule has 4 bridgehead atoms. The van der Waals surface area contributed by atoms with Gasteiger partial charge in [0.15, 0.2) is 0 Å². The van der Waals surface area contributed by atoms with Gasteiger partial charge in [0, 0.05) is 11.8 Å². The van der Waals surface area contributed by atoms with Crippen LogP contribution in [0.2, 0.25) is 0 Å². The number of hydrogen-bond donors (Lipinski definition) is 0. The molecular weight excluding hydrogens is 352 g/mol. The number of carbonyl (C=O) groups is 2. The second kappa shape index (κ2) is 5.76. The number of fused-ring (bicyclic) bond motifs is 3. The quantitative estimate of drug-likeness (QED) is 0.656. The third-order valence-electron chi connectivity index (χ3n) is 8.97. The van der Waals surface area contributed by atoms with Crippen LogP contribution in [0.1, 0.15) is 67.2 Å². The minimum absolute atomic E-state index is 0.00819. The van der Waals surface area contributed by atoms with E-state index < -0.39 is 0 Å². The van der Waals surface area contributed by atoms with Gasteiger partial charge in [-0.3, -0.25) is 9.59 Å². The Balaban J connectivity index is 1.33. The summed E-state index contributed by atoms with van der Waals surface area (Å²) >= 11 is 0. The van der Waals surface area contributed by atoms with Gasteiger partial charge in [0.1, 0.15) is 12.2 Å². The molecule has 10 unspecified atom stereocenters. The lowest BCUT2D eigenvalue weighted by Crippen LogP contribution is -2.45. The molecule has 1 saturated heterocycles. The van der Waals surface area contributed by atoms with E-state index in [-0.39, 0.29) is 46.8 Å². The average molecular weight is 389 g/mol. The molecule has 5 fully saturated rings. The fourth-order valence-corrected chi connectivity index (χ4v) is 8.34. The molecule has 0 N–H and O–H groups in total. The minimum Gasteiger partial charge on any atom is -0.458 e. The lowest BCUT2D eigenvalue weighted by atomic mass is 9.57. The van der Waals surface area contributed by atoms with E-state index in [1.807, 2.05) is 0 Å². The number of hydrogen-bond acceptors (Lipinski definition) is 4. The van der Waals surface area contributed by atoms with Crippen molar-refractivity contribution in [3.8, 4) is 0 Å². The van der Waals surface area contributed by atoms with Crippen molar-refractivity contribution in [3.63, 3.8) is 0 Å². The first kappa shape index (κ1) is 18.9. The molecule has 4 nitrogen and oxygen atoms in total. The lowest BCUT2D eigenvalue weighted by Gasteiger charge is -2.48. The molecule has 4 saturated carbocycles. The highest BCUT2D eigenvalue weighted by molar-refractivity contribution is 5.77. The molecule has 0 aromatic heterocycles. The molecule has 0 amide bonds. The van der Waals surface area contributed by atoms with Crippen molar-refractivity contribution in [2.45, 2.75) is 79.4 Å². The van der Waals surface area contributed by atoms with Crippen LogP contribution < -0.4 is 0 Å². The van der Waals surface area contributed by atoms with E-state index in [1.165, 1.54) is 6.42 Å². The molecule has 1 heterocycles. The minimum atomic E-state index is -0.189. The molecule has 0 aromatic carbocycles. The first-order valence-corrected chi connectivity index (χ1v) is 11.4. The number of rotatable bonds is 2. The molecule has 10 atom stereocenters. The molecule has 0 radical (unpaired) electrons. The van der Waals surface area contributed by atoms with Gasteiger partial charge < -0.3 is 9.47 Å². The Hall–Kier alpha value is -1.06. The predicted octanol–water partition coefficient (Wildman–Crippen LogP) is 4.46. The van der Waals surface area contributed by atoms with Gasteiger partial charge >= 0.3 is 11.9 Å². The first-order chi connectivity index (χ1) is 13.0. The predicted molar refractivity (Wildman–Crippen MR) is 105 cm³/mol. The van der Waals surface area contributed by atoms with Crippen LogP contribution in [0.3, 0.4) is 0 Å². The van der Waals surface area contributed by atoms with Crippen molar-refractivity contribution in [1.82, 2.24) is 0 Å². The summed E-state index contributed by atoms with van der Waals surface area (Å²) in [4.78, 5) is 25.3. The Bertz CT molecular complexity index is 698. The average Bonchev–Trinajstić information content (AvgIpc) is 3.32. The molecule has 4 aliphatic carbocycles. The Morgan fingerprint density at radius 3 is 2.18 bits per heavy atom. The van der Waals surface area contributed by atoms with E-state index in [4.69, 9.17) is 9.47 Å². The van der Waals surface area contributed by atoms with Crippen molar-refractivity contribution in [1.29, 1.82) is 0 Å². The summed E-state index contributed by atoms with van der Waals surface area (Å²) in [6, 6.07) is 0. The van der Waals surface area contributed by atoms with Gasteiger partial charge in [-0.25, -0.2) is 0 Å². The Morgan fingerprint density at radius 1 is 0.893 bits per heavy atom. The van der Waals surface area contributed by atoms with Crippen LogP contribution in [-0.4, -0.2) is 24.1 Å². The summed E-state index contributed by atoms with van der Waals surface area (Å²) in [5.74, 6) is 2.93. The van der Waals surface area contributed by atoms with Crippen molar-refractivity contribution in [2.24, 2.45) is 58.2 Å². The summed E-state index contributed by atoms with van der Waals surface area (Å²) in [5.41, 5.74) is 0.459. The summed E-state index contributed by atoms with van der Waals surface area (Å²) < 4.78 is 11.7. The molecule has 1 aliphatic heterocycles. The molecule has 0 spiro atoms. The van der Waals surface area contributed by atoms with Crippen LogP contribution in [0.5, 0.6) is 0 Å². The second-order valence-corrected chi connectivity index (χ2v) is 12.6. The van der Waals surface area contributed by atoms with Crippen LogP contribution in [0.25, 0.3) is 0 Å². The van der Waals surface area contributed by atoms with Gasteiger partial charge in [-0.1, -0.05) is 41.5 Å². The third-order valence-corrected chi connectivity index (χ3v) is 8.97. The molecular formula is C24H36O4. The van der Waals surface area contributed by atoms with E-state index in [9.17, 15) is 9.59 Å². The summed E-state index contributed by atoms with van der Waals surface area (Å²) in [6.07, 6.45) is 3.63. The topological polar surface area (TPSA) is 52.6 Å². The third kappa shape index (κ3) is 2.55. The van der Waals surface area contributed by atoms with Gasteiger partial charge in [0.25, 0.3) is 0 Å². The smallest absolute Gasteiger partial charge is 0.309 e. The zero-order valence-electron chi connectivity index (χ0n) is 18.2. The zero-order valence-corrected chi connectivity index (χ0v) is 18.2. The highest BCUT2D eigenvalue weighted by Crippen LogP contribution is 2.65. The molecule has 28 heavy (non-hydrogen) atoms. The van der Waals surface area contributed by atoms with Crippen LogP contribution >= 0.6 is 0 Å². The summed E-state index contributed by atoms with van der Waals surface area (Å²) in [6.45, 7) is 14.1. The largest absolute Gasteiger partial charge is 0.458 e. The van der Waals surface area contributed by atoms with Gasteiger partial charge in [0.2, 0.25) is 0 Å². The van der Waals surface area contributed by atoms with E-state index >= 15 is 0 Å². The Labute approximate surface area is 169 Å².